The number of rotatable bonds is 2. The van der Waals surface area contributed by atoms with Crippen LogP contribution in [0.3, 0.4) is 0 Å². The fourth-order valence-corrected chi connectivity index (χ4v) is 1.77. The highest BCUT2D eigenvalue weighted by atomic mass is 16.7. The van der Waals surface area contributed by atoms with E-state index in [1.54, 1.807) is 0 Å². The molecule has 1 aliphatic rings. The number of hydroxylamine groups is 1. The van der Waals surface area contributed by atoms with Crippen LogP contribution in [-0.4, -0.2) is 18.3 Å². The molecule has 2 rings (SSSR count). The van der Waals surface area contributed by atoms with E-state index in [0.29, 0.717) is 6.61 Å². The van der Waals surface area contributed by atoms with Crippen LogP contribution in [0.1, 0.15) is 18.5 Å². The standard InChI is InChI=1S/C11H15NO2/c1-11(7-13)8-14-12-10(11)9-5-3-2-4-6-9/h2-6,10,12-13H,7-8H2,1H3/t10-,11+/m1/s1. The minimum atomic E-state index is -0.221. The van der Waals surface area contributed by atoms with Crippen molar-refractivity contribution in [3.63, 3.8) is 0 Å². The lowest BCUT2D eigenvalue weighted by atomic mass is 9.81. The van der Waals surface area contributed by atoms with Gasteiger partial charge >= 0.3 is 0 Å². The van der Waals surface area contributed by atoms with Gasteiger partial charge in [-0.1, -0.05) is 37.3 Å². The van der Waals surface area contributed by atoms with Crippen LogP contribution in [0.25, 0.3) is 0 Å². The maximum absolute atomic E-state index is 9.34. The minimum Gasteiger partial charge on any atom is -0.396 e. The molecule has 1 heterocycles. The molecule has 14 heavy (non-hydrogen) atoms. The summed E-state index contributed by atoms with van der Waals surface area (Å²) in [6, 6.07) is 10.1. The third-order valence-corrected chi connectivity index (χ3v) is 2.79. The molecule has 0 unspecified atom stereocenters. The van der Waals surface area contributed by atoms with Crippen molar-refractivity contribution >= 4 is 0 Å². The highest BCUT2D eigenvalue weighted by Gasteiger charge is 2.40. The van der Waals surface area contributed by atoms with Gasteiger partial charge in [0.25, 0.3) is 0 Å². The van der Waals surface area contributed by atoms with E-state index < -0.39 is 0 Å². The first kappa shape index (κ1) is 9.65. The van der Waals surface area contributed by atoms with E-state index in [2.05, 4.69) is 5.48 Å². The predicted octanol–water partition coefficient (Wildman–Crippen LogP) is 1.26. The molecule has 2 N–H and O–H groups in total. The van der Waals surface area contributed by atoms with Crippen LogP contribution < -0.4 is 5.48 Å². The SMILES string of the molecule is C[C@]1(CO)CON[C@@H]1c1ccccc1. The number of hydrogen-bond acceptors (Lipinski definition) is 3. The normalized spacial score (nSPS) is 32.0. The molecular weight excluding hydrogens is 178 g/mol. The van der Waals surface area contributed by atoms with E-state index in [0.717, 1.165) is 5.56 Å². The van der Waals surface area contributed by atoms with Gasteiger partial charge in [0.1, 0.15) is 0 Å². The lowest BCUT2D eigenvalue weighted by molar-refractivity contribution is 0.0705. The van der Waals surface area contributed by atoms with E-state index in [1.807, 2.05) is 37.3 Å². The predicted molar refractivity (Wildman–Crippen MR) is 53.5 cm³/mol. The summed E-state index contributed by atoms with van der Waals surface area (Å²) in [7, 11) is 0. The second-order valence-electron chi connectivity index (χ2n) is 4.06. The Morgan fingerprint density at radius 1 is 1.50 bits per heavy atom. The quantitative estimate of drug-likeness (QED) is 0.743. The molecule has 0 aromatic heterocycles. The monoisotopic (exact) mass is 193 g/mol. The van der Waals surface area contributed by atoms with Crippen LogP contribution in [0.4, 0.5) is 0 Å². The first-order valence-electron chi connectivity index (χ1n) is 4.79. The van der Waals surface area contributed by atoms with Crippen molar-refractivity contribution in [1.29, 1.82) is 0 Å². The Balaban J connectivity index is 2.26. The number of benzene rings is 1. The summed E-state index contributed by atoms with van der Waals surface area (Å²) >= 11 is 0. The van der Waals surface area contributed by atoms with Gasteiger partial charge in [0.2, 0.25) is 0 Å². The van der Waals surface area contributed by atoms with E-state index in [4.69, 9.17) is 4.84 Å². The molecule has 1 aromatic carbocycles. The molecule has 0 saturated carbocycles. The molecule has 0 spiro atoms. The topological polar surface area (TPSA) is 41.5 Å². The molecule has 0 radical (unpaired) electrons. The Labute approximate surface area is 83.7 Å². The van der Waals surface area contributed by atoms with Gasteiger partial charge in [0, 0.05) is 5.41 Å². The van der Waals surface area contributed by atoms with Gasteiger partial charge in [0.15, 0.2) is 0 Å². The molecule has 76 valence electrons. The number of aliphatic hydroxyl groups is 1. The lowest BCUT2D eigenvalue weighted by Crippen LogP contribution is -2.31. The molecule has 0 bridgehead atoms. The third kappa shape index (κ3) is 1.54. The van der Waals surface area contributed by atoms with Gasteiger partial charge < -0.3 is 9.94 Å². The average molecular weight is 193 g/mol. The zero-order valence-electron chi connectivity index (χ0n) is 8.23. The molecule has 0 amide bonds. The molecule has 1 fully saturated rings. The van der Waals surface area contributed by atoms with Gasteiger partial charge in [0.05, 0.1) is 19.3 Å². The molecular formula is C11H15NO2. The highest BCUT2D eigenvalue weighted by molar-refractivity contribution is 5.21. The second-order valence-corrected chi connectivity index (χ2v) is 4.06. The van der Waals surface area contributed by atoms with Gasteiger partial charge in [-0.2, -0.15) is 5.48 Å². The van der Waals surface area contributed by atoms with Crippen LogP contribution in [0.5, 0.6) is 0 Å². The zero-order valence-corrected chi connectivity index (χ0v) is 8.23. The maximum Gasteiger partial charge on any atom is 0.0777 e. The Bertz CT molecular complexity index is 301. The Kier molecular flexibility index (Phi) is 2.54. The fraction of sp³-hybridized carbons (Fsp3) is 0.455. The summed E-state index contributed by atoms with van der Waals surface area (Å²) in [5.74, 6) is 0. The first-order valence-corrected chi connectivity index (χ1v) is 4.79. The van der Waals surface area contributed by atoms with Crippen molar-refractivity contribution in [2.75, 3.05) is 13.2 Å². The van der Waals surface area contributed by atoms with Crippen molar-refractivity contribution in [3.05, 3.63) is 35.9 Å². The van der Waals surface area contributed by atoms with Crippen LogP contribution in [-0.2, 0) is 4.84 Å². The van der Waals surface area contributed by atoms with Gasteiger partial charge in [-0.3, -0.25) is 0 Å². The molecule has 3 nitrogen and oxygen atoms in total. The van der Waals surface area contributed by atoms with E-state index in [-0.39, 0.29) is 18.1 Å². The van der Waals surface area contributed by atoms with Crippen LogP contribution >= 0.6 is 0 Å². The van der Waals surface area contributed by atoms with E-state index in [1.165, 1.54) is 0 Å². The molecule has 3 heteroatoms. The molecule has 2 atom stereocenters. The van der Waals surface area contributed by atoms with Crippen LogP contribution in [0.2, 0.25) is 0 Å². The summed E-state index contributed by atoms with van der Waals surface area (Å²) < 4.78 is 0. The van der Waals surface area contributed by atoms with Crippen molar-refractivity contribution in [2.45, 2.75) is 13.0 Å². The Morgan fingerprint density at radius 2 is 2.21 bits per heavy atom. The fourth-order valence-electron chi connectivity index (χ4n) is 1.77. The van der Waals surface area contributed by atoms with Gasteiger partial charge in [-0.15, -0.1) is 0 Å². The van der Waals surface area contributed by atoms with Crippen molar-refractivity contribution in [1.82, 2.24) is 5.48 Å². The van der Waals surface area contributed by atoms with Crippen molar-refractivity contribution in [3.8, 4) is 0 Å². The third-order valence-electron chi connectivity index (χ3n) is 2.79. The molecule has 0 aliphatic carbocycles. The van der Waals surface area contributed by atoms with E-state index in [9.17, 15) is 5.11 Å². The highest BCUT2D eigenvalue weighted by Crippen LogP contribution is 2.37. The molecule has 1 aromatic rings. The molecule has 1 saturated heterocycles. The number of nitrogens with one attached hydrogen (secondary N) is 1. The zero-order chi connectivity index (χ0) is 10.0. The van der Waals surface area contributed by atoms with Crippen LogP contribution in [0, 0.1) is 5.41 Å². The summed E-state index contributed by atoms with van der Waals surface area (Å²) in [5.41, 5.74) is 3.89. The van der Waals surface area contributed by atoms with Crippen molar-refractivity contribution < 1.29 is 9.94 Å². The van der Waals surface area contributed by atoms with E-state index >= 15 is 0 Å². The Hall–Kier alpha value is -0.900. The smallest absolute Gasteiger partial charge is 0.0777 e. The van der Waals surface area contributed by atoms with Crippen LogP contribution in [0.15, 0.2) is 30.3 Å². The lowest BCUT2D eigenvalue weighted by Gasteiger charge is -2.26. The Morgan fingerprint density at radius 3 is 2.86 bits per heavy atom. The van der Waals surface area contributed by atoms with Gasteiger partial charge in [-0.05, 0) is 5.56 Å². The summed E-state index contributed by atoms with van der Waals surface area (Å²) in [4.78, 5) is 5.21. The van der Waals surface area contributed by atoms with Crippen molar-refractivity contribution in [2.24, 2.45) is 5.41 Å². The largest absolute Gasteiger partial charge is 0.396 e. The number of aliphatic hydroxyl groups excluding tert-OH is 1. The summed E-state index contributed by atoms with van der Waals surface area (Å²) in [6.45, 7) is 2.69. The minimum absolute atomic E-state index is 0.0775. The number of hydrogen-bond donors (Lipinski definition) is 2. The molecule has 1 aliphatic heterocycles. The van der Waals surface area contributed by atoms with Gasteiger partial charge in [-0.25, -0.2) is 0 Å². The first-order chi connectivity index (χ1) is 6.76. The summed E-state index contributed by atoms with van der Waals surface area (Å²) in [6.07, 6.45) is 0. The second kappa shape index (κ2) is 3.69. The summed E-state index contributed by atoms with van der Waals surface area (Å²) in [5, 5.41) is 9.34. The maximum atomic E-state index is 9.34. The average Bonchev–Trinajstić information content (AvgIpc) is 2.63.